The highest BCUT2D eigenvalue weighted by Gasteiger charge is 2.22. The molecule has 1 aromatic rings. The van der Waals surface area contributed by atoms with Gasteiger partial charge in [-0.25, -0.2) is 4.98 Å². The minimum absolute atomic E-state index is 0.140. The quantitative estimate of drug-likeness (QED) is 0.889. The van der Waals surface area contributed by atoms with Crippen LogP contribution >= 0.6 is 0 Å². The summed E-state index contributed by atoms with van der Waals surface area (Å²) in [5.41, 5.74) is 1.40. The van der Waals surface area contributed by atoms with Crippen LogP contribution in [0.2, 0.25) is 0 Å². The SMILES string of the molecule is CC(C)(C)c1ccc(N2CCCCCC2CO)nc1. The number of pyridine rings is 1. The van der Waals surface area contributed by atoms with Gasteiger partial charge in [0.05, 0.1) is 12.6 Å². The van der Waals surface area contributed by atoms with Gasteiger partial charge in [-0.3, -0.25) is 0 Å². The van der Waals surface area contributed by atoms with Crippen molar-refractivity contribution < 1.29 is 5.11 Å². The van der Waals surface area contributed by atoms with E-state index in [9.17, 15) is 5.11 Å². The summed E-state index contributed by atoms with van der Waals surface area (Å²) >= 11 is 0. The first-order valence-corrected chi connectivity index (χ1v) is 7.36. The normalized spacial score (nSPS) is 21.3. The van der Waals surface area contributed by atoms with Crippen LogP contribution in [0.1, 0.15) is 52.0 Å². The predicted octanol–water partition coefficient (Wildman–Crippen LogP) is 3.12. The molecule has 1 atom stereocenters. The van der Waals surface area contributed by atoms with Crippen molar-refractivity contribution in [3.05, 3.63) is 23.9 Å². The smallest absolute Gasteiger partial charge is 0.128 e. The summed E-state index contributed by atoms with van der Waals surface area (Å²) in [4.78, 5) is 6.90. The van der Waals surface area contributed by atoms with Crippen molar-refractivity contribution in [2.24, 2.45) is 0 Å². The van der Waals surface area contributed by atoms with Gasteiger partial charge in [-0.1, -0.05) is 39.7 Å². The van der Waals surface area contributed by atoms with E-state index in [1.54, 1.807) is 0 Å². The van der Waals surface area contributed by atoms with Crippen LogP contribution < -0.4 is 4.90 Å². The second-order valence-electron chi connectivity index (χ2n) is 6.53. The topological polar surface area (TPSA) is 36.4 Å². The highest BCUT2D eigenvalue weighted by Crippen LogP contribution is 2.26. The molecule has 1 saturated heterocycles. The number of anilines is 1. The molecule has 3 nitrogen and oxygen atoms in total. The van der Waals surface area contributed by atoms with Crippen LogP contribution in [-0.2, 0) is 5.41 Å². The predicted molar refractivity (Wildman–Crippen MR) is 79.6 cm³/mol. The number of hydrogen-bond acceptors (Lipinski definition) is 3. The van der Waals surface area contributed by atoms with Crippen molar-refractivity contribution in [1.82, 2.24) is 4.98 Å². The van der Waals surface area contributed by atoms with E-state index in [0.717, 1.165) is 18.8 Å². The zero-order valence-electron chi connectivity index (χ0n) is 12.4. The molecule has 0 aromatic carbocycles. The Labute approximate surface area is 116 Å². The van der Waals surface area contributed by atoms with Crippen molar-refractivity contribution in [2.45, 2.75) is 57.9 Å². The molecule has 0 aliphatic carbocycles. The maximum atomic E-state index is 9.56. The highest BCUT2D eigenvalue weighted by molar-refractivity contribution is 5.42. The molecule has 0 spiro atoms. The molecule has 1 aromatic heterocycles. The van der Waals surface area contributed by atoms with Gasteiger partial charge in [0, 0.05) is 12.7 Å². The molecule has 3 heteroatoms. The zero-order chi connectivity index (χ0) is 13.9. The average Bonchev–Trinajstić information content (AvgIpc) is 2.62. The van der Waals surface area contributed by atoms with Gasteiger partial charge in [0.25, 0.3) is 0 Å². The molecule has 1 N–H and O–H groups in total. The van der Waals surface area contributed by atoms with Gasteiger partial charge in [-0.05, 0) is 29.9 Å². The lowest BCUT2D eigenvalue weighted by Gasteiger charge is -2.30. The lowest BCUT2D eigenvalue weighted by atomic mass is 9.88. The Morgan fingerprint density at radius 1 is 1.26 bits per heavy atom. The number of nitrogens with zero attached hydrogens (tertiary/aromatic N) is 2. The molecule has 19 heavy (non-hydrogen) atoms. The molecule has 0 bridgehead atoms. The van der Waals surface area contributed by atoms with E-state index in [-0.39, 0.29) is 18.1 Å². The zero-order valence-corrected chi connectivity index (χ0v) is 12.4. The first-order chi connectivity index (χ1) is 9.02. The van der Waals surface area contributed by atoms with E-state index < -0.39 is 0 Å². The second-order valence-corrected chi connectivity index (χ2v) is 6.53. The van der Waals surface area contributed by atoms with Gasteiger partial charge in [0.2, 0.25) is 0 Å². The molecule has 2 heterocycles. The second kappa shape index (κ2) is 5.91. The standard InChI is InChI=1S/C16H26N2O/c1-16(2,3)13-8-9-15(17-11-13)18-10-6-4-5-7-14(18)12-19/h8-9,11,14,19H,4-7,10,12H2,1-3H3. The van der Waals surface area contributed by atoms with Crippen LogP contribution in [0.15, 0.2) is 18.3 Å². The van der Waals surface area contributed by atoms with Crippen molar-refractivity contribution in [1.29, 1.82) is 0 Å². The van der Waals surface area contributed by atoms with Gasteiger partial charge >= 0.3 is 0 Å². The van der Waals surface area contributed by atoms with Crippen molar-refractivity contribution >= 4 is 5.82 Å². The average molecular weight is 262 g/mol. The molecule has 0 saturated carbocycles. The molecule has 1 aliphatic rings. The van der Waals surface area contributed by atoms with Gasteiger partial charge in [0.15, 0.2) is 0 Å². The lowest BCUT2D eigenvalue weighted by molar-refractivity contribution is 0.254. The molecule has 1 fully saturated rings. The lowest BCUT2D eigenvalue weighted by Crippen LogP contribution is -2.38. The maximum Gasteiger partial charge on any atom is 0.128 e. The van der Waals surface area contributed by atoms with E-state index in [1.807, 2.05) is 6.20 Å². The number of aliphatic hydroxyl groups is 1. The molecule has 1 unspecified atom stereocenters. The molecule has 0 radical (unpaired) electrons. The summed E-state index contributed by atoms with van der Waals surface area (Å²) < 4.78 is 0. The third-order valence-electron chi connectivity index (χ3n) is 4.00. The van der Waals surface area contributed by atoms with Crippen LogP contribution in [0.5, 0.6) is 0 Å². The summed E-state index contributed by atoms with van der Waals surface area (Å²) in [6.07, 6.45) is 6.71. The fraction of sp³-hybridized carbons (Fsp3) is 0.688. The largest absolute Gasteiger partial charge is 0.394 e. The molecule has 106 valence electrons. The Bertz CT molecular complexity index is 394. The Morgan fingerprint density at radius 2 is 2.05 bits per heavy atom. The molecule has 2 rings (SSSR count). The summed E-state index contributed by atoms with van der Waals surface area (Å²) in [5.74, 6) is 1.01. The van der Waals surface area contributed by atoms with Crippen molar-refractivity contribution in [3.8, 4) is 0 Å². The highest BCUT2D eigenvalue weighted by atomic mass is 16.3. The van der Waals surface area contributed by atoms with E-state index >= 15 is 0 Å². The van der Waals surface area contributed by atoms with E-state index in [4.69, 9.17) is 0 Å². The van der Waals surface area contributed by atoms with E-state index in [2.05, 4.69) is 42.8 Å². The Balaban J connectivity index is 2.19. The minimum atomic E-state index is 0.140. The number of hydrogen-bond donors (Lipinski definition) is 1. The molecular weight excluding hydrogens is 236 g/mol. The van der Waals surface area contributed by atoms with Gasteiger partial charge in [0.1, 0.15) is 5.82 Å². The minimum Gasteiger partial charge on any atom is -0.394 e. The first kappa shape index (κ1) is 14.3. The number of aromatic nitrogens is 1. The van der Waals surface area contributed by atoms with Crippen LogP contribution in [0.4, 0.5) is 5.82 Å². The fourth-order valence-electron chi connectivity index (χ4n) is 2.67. The van der Waals surface area contributed by atoms with E-state index in [1.165, 1.54) is 24.8 Å². The summed E-state index contributed by atoms with van der Waals surface area (Å²) in [7, 11) is 0. The monoisotopic (exact) mass is 262 g/mol. The van der Waals surface area contributed by atoms with Crippen LogP contribution in [-0.4, -0.2) is 29.3 Å². The third kappa shape index (κ3) is 3.47. The fourth-order valence-corrected chi connectivity index (χ4v) is 2.67. The Morgan fingerprint density at radius 3 is 2.63 bits per heavy atom. The Kier molecular flexibility index (Phi) is 4.46. The third-order valence-corrected chi connectivity index (χ3v) is 4.00. The van der Waals surface area contributed by atoms with Crippen LogP contribution in [0.3, 0.4) is 0 Å². The summed E-state index contributed by atoms with van der Waals surface area (Å²) in [6.45, 7) is 7.83. The maximum absolute atomic E-state index is 9.56. The van der Waals surface area contributed by atoms with Crippen LogP contribution in [0.25, 0.3) is 0 Å². The molecule has 1 aliphatic heterocycles. The molecular formula is C16H26N2O. The van der Waals surface area contributed by atoms with E-state index in [0.29, 0.717) is 0 Å². The number of aliphatic hydroxyl groups excluding tert-OH is 1. The first-order valence-electron chi connectivity index (χ1n) is 7.36. The van der Waals surface area contributed by atoms with Crippen LogP contribution in [0, 0.1) is 0 Å². The summed E-state index contributed by atoms with van der Waals surface area (Å²) in [5, 5.41) is 9.56. The van der Waals surface area contributed by atoms with Crippen molar-refractivity contribution in [2.75, 3.05) is 18.1 Å². The van der Waals surface area contributed by atoms with Gasteiger partial charge < -0.3 is 10.0 Å². The van der Waals surface area contributed by atoms with Gasteiger partial charge in [-0.2, -0.15) is 0 Å². The number of rotatable bonds is 2. The molecule has 0 amide bonds. The summed E-state index contributed by atoms with van der Waals surface area (Å²) in [6, 6.07) is 4.51. The van der Waals surface area contributed by atoms with Crippen molar-refractivity contribution in [3.63, 3.8) is 0 Å². The Hall–Kier alpha value is -1.09. The van der Waals surface area contributed by atoms with Gasteiger partial charge in [-0.15, -0.1) is 0 Å².